The van der Waals surface area contributed by atoms with Crippen molar-refractivity contribution in [1.82, 2.24) is 30.1 Å². The van der Waals surface area contributed by atoms with Crippen LogP contribution in [0.4, 0.5) is 5.82 Å². The zero-order valence-electron chi connectivity index (χ0n) is 20.2. The molecule has 2 atom stereocenters. The molecule has 1 saturated heterocycles. The van der Waals surface area contributed by atoms with E-state index in [1.807, 2.05) is 19.1 Å². The fraction of sp³-hybridized carbons (Fsp3) is 0.417. The summed E-state index contributed by atoms with van der Waals surface area (Å²) < 4.78 is 1.64. The number of anilines is 1. The van der Waals surface area contributed by atoms with Crippen LogP contribution in [0.15, 0.2) is 36.5 Å². The lowest BCUT2D eigenvalue weighted by molar-refractivity contribution is 0.0938. The molecule has 186 valence electrons. The molecule has 0 saturated carbocycles. The average molecular weight is 499 g/mol. The van der Waals surface area contributed by atoms with Crippen LogP contribution in [-0.2, 0) is 6.54 Å². The average Bonchev–Trinajstić information content (AvgIpc) is 3.26. The molecule has 1 aliphatic heterocycles. The van der Waals surface area contributed by atoms with Crippen LogP contribution < -0.4 is 21.3 Å². The number of amides is 2. The van der Waals surface area contributed by atoms with Crippen molar-refractivity contribution in [2.45, 2.75) is 32.5 Å². The van der Waals surface area contributed by atoms with Crippen LogP contribution in [0.25, 0.3) is 5.65 Å². The zero-order chi connectivity index (χ0) is 25.1. The predicted molar refractivity (Wildman–Crippen MR) is 136 cm³/mol. The highest BCUT2D eigenvalue weighted by molar-refractivity contribution is 6.30. The number of halogens is 1. The minimum absolute atomic E-state index is 0.184. The van der Waals surface area contributed by atoms with Crippen LogP contribution in [0.1, 0.15) is 40.3 Å². The molecule has 35 heavy (non-hydrogen) atoms. The van der Waals surface area contributed by atoms with Crippen LogP contribution in [-0.4, -0.2) is 76.6 Å². The van der Waals surface area contributed by atoms with E-state index in [4.69, 9.17) is 17.3 Å². The van der Waals surface area contributed by atoms with E-state index in [2.05, 4.69) is 44.5 Å². The summed E-state index contributed by atoms with van der Waals surface area (Å²) in [6, 6.07) is 9.00. The normalized spacial score (nSPS) is 17.4. The summed E-state index contributed by atoms with van der Waals surface area (Å²) in [6.07, 6.45) is 1.48. The molecule has 11 heteroatoms. The zero-order valence-corrected chi connectivity index (χ0v) is 20.9. The number of carbonyl (C=O) groups excluding carboxylic acids is 2. The van der Waals surface area contributed by atoms with Crippen LogP contribution in [0.3, 0.4) is 0 Å². The van der Waals surface area contributed by atoms with Crippen molar-refractivity contribution >= 4 is 34.9 Å². The van der Waals surface area contributed by atoms with Gasteiger partial charge < -0.3 is 26.2 Å². The second-order valence-corrected chi connectivity index (χ2v) is 9.53. The van der Waals surface area contributed by atoms with E-state index in [-0.39, 0.29) is 29.6 Å². The van der Waals surface area contributed by atoms with Crippen LogP contribution in [0.5, 0.6) is 0 Å². The Kier molecular flexibility index (Phi) is 7.54. The van der Waals surface area contributed by atoms with Gasteiger partial charge in [-0.05, 0) is 38.6 Å². The fourth-order valence-corrected chi connectivity index (χ4v) is 4.26. The number of aromatic nitrogens is 3. The van der Waals surface area contributed by atoms with E-state index in [1.54, 1.807) is 22.7 Å². The van der Waals surface area contributed by atoms with Gasteiger partial charge in [0.05, 0.1) is 6.20 Å². The first kappa shape index (κ1) is 24.9. The third kappa shape index (κ3) is 5.72. The highest BCUT2D eigenvalue weighted by Gasteiger charge is 2.27. The Morgan fingerprint density at radius 1 is 1.20 bits per heavy atom. The van der Waals surface area contributed by atoms with Gasteiger partial charge in [0.25, 0.3) is 11.8 Å². The maximum absolute atomic E-state index is 13.1. The Balaban J connectivity index is 1.69. The van der Waals surface area contributed by atoms with Crippen molar-refractivity contribution in [3.8, 4) is 0 Å². The summed E-state index contributed by atoms with van der Waals surface area (Å²) >= 11 is 5.95. The first-order valence-electron chi connectivity index (χ1n) is 11.6. The van der Waals surface area contributed by atoms with Gasteiger partial charge in [-0.15, -0.1) is 0 Å². The van der Waals surface area contributed by atoms with Gasteiger partial charge in [0.15, 0.2) is 5.65 Å². The van der Waals surface area contributed by atoms with Gasteiger partial charge >= 0.3 is 0 Å². The number of hydrogen-bond donors (Lipinski definition) is 3. The molecule has 10 nitrogen and oxygen atoms in total. The maximum atomic E-state index is 13.1. The Hall–Kier alpha value is -3.21. The summed E-state index contributed by atoms with van der Waals surface area (Å²) in [5.74, 6) is 0.0491. The summed E-state index contributed by atoms with van der Waals surface area (Å²) in [6.45, 7) is 7.07. The number of hydrogen-bond acceptors (Lipinski definition) is 7. The van der Waals surface area contributed by atoms with Crippen molar-refractivity contribution in [2.24, 2.45) is 5.73 Å². The Bertz CT molecular complexity index is 1210. The number of benzene rings is 1. The molecule has 2 aromatic heterocycles. The molecule has 0 spiro atoms. The molecule has 1 aliphatic rings. The number of nitrogens with zero attached hydrogens (tertiary/aromatic N) is 5. The van der Waals surface area contributed by atoms with Gasteiger partial charge in [-0.1, -0.05) is 23.7 Å². The number of likely N-dealkylation sites (N-methyl/N-ethyl adjacent to an activating group) is 1. The van der Waals surface area contributed by atoms with Gasteiger partial charge in [-0.2, -0.15) is 9.61 Å². The summed E-state index contributed by atoms with van der Waals surface area (Å²) in [5, 5.41) is 10.8. The van der Waals surface area contributed by atoms with Crippen molar-refractivity contribution in [3.05, 3.63) is 58.4 Å². The molecular formula is C24H31ClN8O2. The number of fused-ring (bicyclic) bond motifs is 1. The number of rotatable bonds is 7. The molecule has 0 aliphatic carbocycles. The van der Waals surface area contributed by atoms with E-state index >= 15 is 0 Å². The molecule has 0 radical (unpaired) electrons. The molecular weight excluding hydrogens is 468 g/mol. The number of piperazine rings is 1. The van der Waals surface area contributed by atoms with Crippen LogP contribution >= 0.6 is 11.6 Å². The quantitative estimate of drug-likeness (QED) is 0.451. The lowest BCUT2D eigenvalue weighted by Gasteiger charge is -2.39. The van der Waals surface area contributed by atoms with E-state index in [1.165, 1.54) is 6.20 Å². The second-order valence-electron chi connectivity index (χ2n) is 9.09. The van der Waals surface area contributed by atoms with E-state index < -0.39 is 0 Å². The van der Waals surface area contributed by atoms with Gasteiger partial charge in [-0.3, -0.25) is 9.59 Å². The topological polar surface area (TPSA) is 121 Å². The molecule has 1 aromatic carbocycles. The highest BCUT2D eigenvalue weighted by Crippen LogP contribution is 2.24. The molecule has 2 amide bonds. The Morgan fingerprint density at radius 2 is 1.94 bits per heavy atom. The molecule has 4 N–H and O–H groups in total. The molecule has 1 fully saturated rings. The van der Waals surface area contributed by atoms with Gasteiger partial charge in [0, 0.05) is 55.9 Å². The molecule has 4 rings (SSSR count). The second kappa shape index (κ2) is 10.6. The summed E-state index contributed by atoms with van der Waals surface area (Å²) in [5.41, 5.74) is 7.54. The highest BCUT2D eigenvalue weighted by atomic mass is 35.5. The van der Waals surface area contributed by atoms with E-state index in [9.17, 15) is 9.59 Å². The predicted octanol–water partition coefficient (Wildman–Crippen LogP) is 1.53. The SMILES string of the molecule is C[C@@H]1CN(C)CCN1c1cc(C(=O)NCc2ccc(Cl)cc2)nc2c(C(=O)NC[C@@H](C)N)cnn12. The lowest BCUT2D eigenvalue weighted by atomic mass is 10.2. The maximum Gasteiger partial charge on any atom is 0.270 e. The number of nitrogens with one attached hydrogen (secondary N) is 2. The number of carbonyl (C=O) groups is 2. The van der Waals surface area contributed by atoms with Crippen molar-refractivity contribution in [1.29, 1.82) is 0 Å². The third-order valence-corrected chi connectivity index (χ3v) is 6.26. The molecule has 0 unspecified atom stereocenters. The fourth-order valence-electron chi connectivity index (χ4n) is 4.13. The van der Waals surface area contributed by atoms with Crippen molar-refractivity contribution in [2.75, 3.05) is 38.1 Å². The Morgan fingerprint density at radius 3 is 2.63 bits per heavy atom. The van der Waals surface area contributed by atoms with Crippen molar-refractivity contribution in [3.63, 3.8) is 0 Å². The summed E-state index contributed by atoms with van der Waals surface area (Å²) in [4.78, 5) is 35.0. The van der Waals surface area contributed by atoms with Gasteiger partial charge in [0.1, 0.15) is 17.1 Å². The molecule has 3 heterocycles. The van der Waals surface area contributed by atoms with Gasteiger partial charge in [-0.25, -0.2) is 4.98 Å². The monoisotopic (exact) mass is 498 g/mol. The standard InChI is InChI=1S/C24H31ClN8O2/c1-15(26)11-27-23(34)19-13-29-33-21(32-9-8-31(3)14-16(32)2)10-20(30-22(19)33)24(35)28-12-17-4-6-18(25)7-5-17/h4-7,10,13,15-16H,8-9,11-12,14,26H2,1-3H3,(H,27,34)(H,28,35)/t15-,16-/m1/s1. The first-order chi connectivity index (χ1) is 16.7. The van der Waals surface area contributed by atoms with Gasteiger partial charge in [0.2, 0.25) is 0 Å². The molecule has 3 aromatic rings. The van der Waals surface area contributed by atoms with E-state index in [0.717, 1.165) is 31.0 Å². The van der Waals surface area contributed by atoms with E-state index in [0.29, 0.717) is 29.3 Å². The first-order valence-corrected chi connectivity index (χ1v) is 12.0. The van der Waals surface area contributed by atoms with Crippen molar-refractivity contribution < 1.29 is 9.59 Å². The van der Waals surface area contributed by atoms with Crippen LogP contribution in [0.2, 0.25) is 5.02 Å². The lowest BCUT2D eigenvalue weighted by Crippen LogP contribution is -2.51. The minimum atomic E-state index is -0.339. The largest absolute Gasteiger partial charge is 0.351 e. The Labute approximate surface area is 209 Å². The minimum Gasteiger partial charge on any atom is -0.351 e. The van der Waals surface area contributed by atoms with Crippen LogP contribution in [0, 0.1) is 0 Å². The summed E-state index contributed by atoms with van der Waals surface area (Å²) in [7, 11) is 2.08. The molecule has 0 bridgehead atoms. The number of nitrogens with two attached hydrogens (primary N) is 1. The smallest absolute Gasteiger partial charge is 0.270 e. The third-order valence-electron chi connectivity index (χ3n) is 6.01.